The van der Waals surface area contributed by atoms with Gasteiger partial charge in [-0.2, -0.15) is 0 Å². The third kappa shape index (κ3) is 3.45. The number of carbonyl (C=O) groups is 1. The smallest absolute Gasteiger partial charge is 0.323 e. The van der Waals surface area contributed by atoms with Gasteiger partial charge in [-0.3, -0.25) is 4.79 Å². The topological polar surface area (TPSA) is 71.0 Å². The van der Waals surface area contributed by atoms with Gasteiger partial charge in [-0.05, 0) is 47.4 Å². The van der Waals surface area contributed by atoms with Gasteiger partial charge in [0.25, 0.3) is 0 Å². The zero-order valence-electron chi connectivity index (χ0n) is 15.6. The van der Waals surface area contributed by atoms with Gasteiger partial charge < -0.3 is 24.8 Å². The van der Waals surface area contributed by atoms with Gasteiger partial charge >= 0.3 is 5.97 Å². The van der Waals surface area contributed by atoms with Crippen LogP contribution in [-0.2, 0) is 22.5 Å². The monoisotopic (exact) mass is 368 g/mol. The quantitative estimate of drug-likeness (QED) is 0.794. The maximum absolute atomic E-state index is 11.9. The number of anilines is 1. The Kier molecular flexibility index (Phi) is 4.66. The lowest BCUT2D eigenvalue weighted by atomic mass is 9.94. The predicted octanol–water partition coefficient (Wildman–Crippen LogP) is 2.54. The van der Waals surface area contributed by atoms with E-state index in [1.54, 1.807) is 12.1 Å². The van der Waals surface area contributed by atoms with E-state index < -0.39 is 0 Å². The van der Waals surface area contributed by atoms with E-state index in [0.29, 0.717) is 13.0 Å². The maximum Gasteiger partial charge on any atom is 0.323 e. The Balaban J connectivity index is 1.64. The highest BCUT2D eigenvalue weighted by Crippen LogP contribution is 2.39. The molecule has 0 unspecified atom stereocenters. The molecule has 27 heavy (non-hydrogen) atoms. The van der Waals surface area contributed by atoms with Crippen LogP contribution in [0.5, 0.6) is 11.5 Å². The summed E-state index contributed by atoms with van der Waals surface area (Å²) in [5, 5.41) is 12.8. The number of nitrogens with zero attached hydrogens (tertiary/aromatic N) is 1. The standard InChI is InChI=1S/C21H24N2O4/c1-23-8-7-19(13-3-5-16(24)6-4-13)27-20-11-15-12-22-17(21(25)26-2)9-14(15)10-18(20)23/h3-6,10-11,17,19,22,24H,7-9,12H2,1-2H3/t17-,19+/m0/s1. The summed E-state index contributed by atoms with van der Waals surface area (Å²) < 4.78 is 11.2. The first kappa shape index (κ1) is 17.7. The van der Waals surface area contributed by atoms with E-state index in [1.807, 2.05) is 12.1 Å². The average Bonchev–Trinajstić information content (AvgIpc) is 2.85. The first-order chi connectivity index (χ1) is 13.0. The molecule has 2 N–H and O–H groups in total. The van der Waals surface area contributed by atoms with Crippen LogP contribution in [0.25, 0.3) is 0 Å². The predicted molar refractivity (Wildman–Crippen MR) is 102 cm³/mol. The molecular formula is C21H24N2O4. The van der Waals surface area contributed by atoms with Gasteiger partial charge in [0.05, 0.1) is 12.8 Å². The van der Waals surface area contributed by atoms with E-state index in [9.17, 15) is 9.90 Å². The lowest BCUT2D eigenvalue weighted by molar-refractivity contribution is -0.143. The molecule has 6 nitrogen and oxygen atoms in total. The van der Waals surface area contributed by atoms with E-state index >= 15 is 0 Å². The van der Waals surface area contributed by atoms with Gasteiger partial charge in [0.1, 0.15) is 23.6 Å². The highest BCUT2D eigenvalue weighted by molar-refractivity contribution is 5.77. The number of esters is 1. The first-order valence-corrected chi connectivity index (χ1v) is 9.19. The molecule has 142 valence electrons. The molecule has 2 atom stereocenters. The van der Waals surface area contributed by atoms with Crippen LogP contribution in [0, 0.1) is 0 Å². The molecule has 2 aliphatic heterocycles. The molecule has 0 fully saturated rings. The molecule has 0 saturated heterocycles. The van der Waals surface area contributed by atoms with Crippen molar-refractivity contribution in [2.45, 2.75) is 31.5 Å². The number of rotatable bonds is 2. The van der Waals surface area contributed by atoms with Gasteiger partial charge in [-0.15, -0.1) is 0 Å². The number of phenolic OH excluding ortho intramolecular Hbond substituents is 1. The Labute approximate surface area is 158 Å². The van der Waals surface area contributed by atoms with Gasteiger partial charge in [-0.25, -0.2) is 0 Å². The minimum absolute atomic E-state index is 0.0632. The number of methoxy groups -OCH3 is 1. The maximum atomic E-state index is 11.9. The largest absolute Gasteiger partial charge is 0.508 e. The van der Waals surface area contributed by atoms with Gasteiger partial charge in [0, 0.05) is 26.6 Å². The van der Waals surface area contributed by atoms with Crippen LogP contribution in [0.1, 0.15) is 29.2 Å². The number of hydrogen-bond acceptors (Lipinski definition) is 6. The van der Waals surface area contributed by atoms with Gasteiger partial charge in [0.2, 0.25) is 0 Å². The molecule has 0 aliphatic carbocycles. The zero-order chi connectivity index (χ0) is 19.0. The van der Waals surface area contributed by atoms with Crippen molar-refractivity contribution in [3.63, 3.8) is 0 Å². The Morgan fingerprint density at radius 2 is 2.04 bits per heavy atom. The van der Waals surface area contributed by atoms with E-state index in [0.717, 1.165) is 41.1 Å². The van der Waals surface area contributed by atoms with Crippen LogP contribution in [0.2, 0.25) is 0 Å². The Morgan fingerprint density at radius 3 is 2.78 bits per heavy atom. The van der Waals surface area contributed by atoms with Crippen LogP contribution in [-0.4, -0.2) is 37.8 Å². The van der Waals surface area contributed by atoms with E-state index in [-0.39, 0.29) is 23.9 Å². The Morgan fingerprint density at radius 1 is 1.26 bits per heavy atom. The molecular weight excluding hydrogens is 344 g/mol. The molecule has 2 heterocycles. The lowest BCUT2D eigenvalue weighted by Crippen LogP contribution is -2.42. The summed E-state index contributed by atoms with van der Waals surface area (Å²) in [7, 11) is 3.48. The molecule has 0 spiro atoms. The van der Waals surface area contributed by atoms with Crippen LogP contribution >= 0.6 is 0 Å². The summed E-state index contributed by atoms with van der Waals surface area (Å²) in [4.78, 5) is 14.1. The van der Waals surface area contributed by atoms with Crippen molar-refractivity contribution in [3.8, 4) is 11.5 Å². The summed E-state index contributed by atoms with van der Waals surface area (Å²) in [5.41, 5.74) is 4.39. The normalized spacial score (nSPS) is 21.5. The number of aromatic hydroxyl groups is 1. The molecule has 2 aromatic carbocycles. The third-order valence-corrected chi connectivity index (χ3v) is 5.40. The third-order valence-electron chi connectivity index (χ3n) is 5.40. The fourth-order valence-electron chi connectivity index (χ4n) is 3.80. The Hall–Kier alpha value is -2.73. The van der Waals surface area contributed by atoms with E-state index in [1.165, 1.54) is 7.11 Å². The van der Waals surface area contributed by atoms with Crippen molar-refractivity contribution in [1.29, 1.82) is 0 Å². The van der Waals surface area contributed by atoms with Crippen molar-refractivity contribution in [1.82, 2.24) is 5.32 Å². The summed E-state index contributed by atoms with van der Waals surface area (Å²) in [6, 6.07) is 11.1. The molecule has 0 saturated carbocycles. The second-order valence-electron chi connectivity index (χ2n) is 7.16. The fraction of sp³-hybridized carbons (Fsp3) is 0.381. The number of ether oxygens (including phenoxy) is 2. The van der Waals surface area contributed by atoms with E-state index in [2.05, 4.69) is 29.4 Å². The number of fused-ring (bicyclic) bond motifs is 2. The molecule has 0 bridgehead atoms. The molecule has 0 amide bonds. The van der Waals surface area contributed by atoms with Crippen molar-refractivity contribution in [2.24, 2.45) is 0 Å². The lowest BCUT2D eigenvalue weighted by Gasteiger charge is -2.27. The summed E-state index contributed by atoms with van der Waals surface area (Å²) in [6.45, 7) is 1.47. The Bertz CT molecular complexity index is 850. The highest BCUT2D eigenvalue weighted by atomic mass is 16.5. The second kappa shape index (κ2) is 7.12. The summed E-state index contributed by atoms with van der Waals surface area (Å²) in [6.07, 6.45) is 1.40. The molecule has 2 aliphatic rings. The number of nitrogens with one attached hydrogen (secondary N) is 1. The fourth-order valence-corrected chi connectivity index (χ4v) is 3.80. The van der Waals surface area contributed by atoms with Crippen LogP contribution in [0.4, 0.5) is 5.69 Å². The van der Waals surface area contributed by atoms with Crippen LogP contribution in [0.15, 0.2) is 36.4 Å². The molecule has 4 rings (SSSR count). The minimum atomic E-state index is -0.303. The SMILES string of the molecule is COC(=O)[C@@H]1Cc2cc3c(cc2CN1)O[C@@H](c1ccc(O)cc1)CCN3C. The van der Waals surface area contributed by atoms with Crippen molar-refractivity contribution < 1.29 is 19.4 Å². The summed E-state index contributed by atoms with van der Waals surface area (Å²) >= 11 is 0. The minimum Gasteiger partial charge on any atom is -0.508 e. The number of hydrogen-bond donors (Lipinski definition) is 2. The van der Waals surface area contributed by atoms with Gasteiger partial charge in [0.15, 0.2) is 0 Å². The zero-order valence-corrected chi connectivity index (χ0v) is 15.6. The molecule has 0 aromatic heterocycles. The number of carbonyl (C=O) groups excluding carboxylic acids is 1. The summed E-state index contributed by atoms with van der Waals surface area (Å²) in [5.74, 6) is 0.878. The van der Waals surface area contributed by atoms with Crippen LogP contribution in [0.3, 0.4) is 0 Å². The van der Waals surface area contributed by atoms with Crippen molar-refractivity contribution in [3.05, 3.63) is 53.1 Å². The van der Waals surface area contributed by atoms with Gasteiger partial charge in [-0.1, -0.05) is 12.1 Å². The number of benzene rings is 2. The van der Waals surface area contributed by atoms with E-state index in [4.69, 9.17) is 9.47 Å². The molecule has 0 radical (unpaired) electrons. The van der Waals surface area contributed by atoms with Crippen molar-refractivity contribution in [2.75, 3.05) is 25.6 Å². The average molecular weight is 368 g/mol. The first-order valence-electron chi connectivity index (χ1n) is 9.19. The second-order valence-corrected chi connectivity index (χ2v) is 7.16. The van der Waals surface area contributed by atoms with Crippen molar-refractivity contribution >= 4 is 11.7 Å². The molecule has 2 aromatic rings. The number of phenols is 1. The molecule has 6 heteroatoms. The van der Waals surface area contributed by atoms with Crippen LogP contribution < -0.4 is 15.0 Å². The highest BCUT2D eigenvalue weighted by Gasteiger charge is 2.28.